The van der Waals surface area contributed by atoms with Crippen LogP contribution in [-0.2, 0) is 20.7 Å². The van der Waals surface area contributed by atoms with Crippen molar-refractivity contribution in [3.8, 4) is 5.75 Å². The van der Waals surface area contributed by atoms with Gasteiger partial charge in [0.1, 0.15) is 17.4 Å². The molecule has 1 amide bonds. The number of esters is 1. The lowest BCUT2D eigenvalue weighted by atomic mass is 9.94. The van der Waals surface area contributed by atoms with E-state index < -0.39 is 11.6 Å². The van der Waals surface area contributed by atoms with Crippen molar-refractivity contribution in [3.63, 3.8) is 0 Å². The lowest BCUT2D eigenvalue weighted by molar-refractivity contribution is -0.158. The minimum Gasteiger partial charge on any atom is -0.497 e. The van der Waals surface area contributed by atoms with Crippen LogP contribution >= 0.6 is 11.6 Å². The van der Waals surface area contributed by atoms with Crippen LogP contribution in [0.2, 0.25) is 5.02 Å². The van der Waals surface area contributed by atoms with Gasteiger partial charge in [-0.15, -0.1) is 0 Å². The molecule has 8 nitrogen and oxygen atoms in total. The van der Waals surface area contributed by atoms with Crippen molar-refractivity contribution in [1.82, 2.24) is 15.2 Å². The third-order valence-corrected chi connectivity index (χ3v) is 7.91. The molecule has 4 rings (SSSR count). The smallest absolute Gasteiger partial charge is 0.323 e. The average Bonchev–Trinajstić information content (AvgIpc) is 3.22. The first kappa shape index (κ1) is 31.6. The van der Waals surface area contributed by atoms with Gasteiger partial charge in [0.15, 0.2) is 0 Å². The fraction of sp³-hybridized carbons (Fsp3) is 0.485. The van der Waals surface area contributed by atoms with Gasteiger partial charge in [-0.05, 0) is 95.0 Å². The predicted octanol–water partition coefficient (Wildman–Crippen LogP) is 5.98. The SMILES string of the molecule is COc1ccc2c(c1)c(CC(=O)NCCC(NC1CCCCC1)C(=O)OC(C)(C)C)c(C)n2C(=O)c1ccc(Cl)cc1. The first-order valence-electron chi connectivity index (χ1n) is 14.7. The van der Waals surface area contributed by atoms with Crippen molar-refractivity contribution in [3.05, 3.63) is 64.3 Å². The van der Waals surface area contributed by atoms with E-state index in [9.17, 15) is 14.4 Å². The van der Waals surface area contributed by atoms with Gasteiger partial charge in [0.25, 0.3) is 5.91 Å². The second-order valence-electron chi connectivity index (χ2n) is 12.0. The molecule has 0 spiro atoms. The number of carbonyl (C=O) groups excluding carboxylic acids is 3. The number of ether oxygens (including phenoxy) is 2. The summed E-state index contributed by atoms with van der Waals surface area (Å²) >= 11 is 6.03. The highest BCUT2D eigenvalue weighted by atomic mass is 35.5. The average molecular weight is 596 g/mol. The Balaban J connectivity index is 1.50. The number of nitrogens with one attached hydrogen (secondary N) is 2. The van der Waals surface area contributed by atoms with Gasteiger partial charge < -0.3 is 20.1 Å². The van der Waals surface area contributed by atoms with Crippen molar-refractivity contribution in [2.45, 2.75) is 90.3 Å². The number of fused-ring (bicyclic) bond motifs is 1. The largest absolute Gasteiger partial charge is 0.497 e. The second-order valence-corrected chi connectivity index (χ2v) is 12.4. The molecule has 226 valence electrons. The summed E-state index contributed by atoms with van der Waals surface area (Å²) in [5.41, 5.74) is 2.01. The number of methoxy groups -OCH3 is 1. The number of aromatic nitrogens is 1. The van der Waals surface area contributed by atoms with Crippen molar-refractivity contribution < 1.29 is 23.9 Å². The number of hydrogen-bond donors (Lipinski definition) is 2. The second kappa shape index (κ2) is 13.7. The molecule has 1 aromatic heterocycles. The van der Waals surface area contributed by atoms with Gasteiger partial charge in [-0.2, -0.15) is 0 Å². The summed E-state index contributed by atoms with van der Waals surface area (Å²) < 4.78 is 12.8. The lowest BCUT2D eigenvalue weighted by Crippen LogP contribution is -2.48. The van der Waals surface area contributed by atoms with E-state index in [-0.39, 0.29) is 30.2 Å². The minimum absolute atomic E-state index is 0.0730. The van der Waals surface area contributed by atoms with Crippen molar-refractivity contribution >= 4 is 40.3 Å². The summed E-state index contributed by atoms with van der Waals surface area (Å²) in [7, 11) is 1.58. The normalized spacial score (nSPS) is 14.9. The third-order valence-electron chi connectivity index (χ3n) is 7.66. The van der Waals surface area contributed by atoms with E-state index in [1.807, 2.05) is 39.8 Å². The summed E-state index contributed by atoms with van der Waals surface area (Å²) in [6, 6.07) is 12.0. The third kappa shape index (κ3) is 7.92. The van der Waals surface area contributed by atoms with Gasteiger partial charge in [0, 0.05) is 34.3 Å². The summed E-state index contributed by atoms with van der Waals surface area (Å²) in [5.74, 6) is -0.0669. The Bertz CT molecular complexity index is 1420. The van der Waals surface area contributed by atoms with E-state index in [2.05, 4.69) is 10.6 Å². The molecule has 1 atom stereocenters. The van der Waals surface area contributed by atoms with Gasteiger partial charge in [-0.3, -0.25) is 19.0 Å². The molecule has 1 aliphatic carbocycles. The minimum atomic E-state index is -0.594. The monoisotopic (exact) mass is 595 g/mol. The summed E-state index contributed by atoms with van der Waals surface area (Å²) in [6.45, 7) is 7.73. The van der Waals surface area contributed by atoms with E-state index in [1.54, 1.807) is 42.0 Å². The van der Waals surface area contributed by atoms with Gasteiger partial charge >= 0.3 is 5.97 Å². The van der Waals surface area contributed by atoms with Gasteiger partial charge in [-0.1, -0.05) is 30.9 Å². The zero-order chi connectivity index (χ0) is 30.4. The molecule has 1 fully saturated rings. The molecule has 2 N–H and O–H groups in total. The van der Waals surface area contributed by atoms with Crippen LogP contribution in [0.15, 0.2) is 42.5 Å². The Kier molecular flexibility index (Phi) is 10.3. The van der Waals surface area contributed by atoms with E-state index in [0.29, 0.717) is 40.5 Å². The van der Waals surface area contributed by atoms with E-state index >= 15 is 0 Å². The van der Waals surface area contributed by atoms with Crippen LogP contribution in [0.25, 0.3) is 10.9 Å². The highest BCUT2D eigenvalue weighted by Gasteiger charge is 2.28. The number of nitrogens with zero attached hydrogens (tertiary/aromatic N) is 1. The maximum Gasteiger partial charge on any atom is 0.323 e. The molecule has 0 saturated heterocycles. The standard InChI is InChI=1S/C33H42ClN3O5/c1-21-26(27-19-25(41-5)15-16-29(27)37(21)31(39)22-11-13-23(34)14-12-22)20-30(38)35-18-17-28(32(40)42-33(2,3)4)36-24-9-7-6-8-10-24/h11-16,19,24,28,36H,6-10,17-18,20H2,1-5H3,(H,35,38). The molecule has 2 aromatic carbocycles. The number of halogens is 1. The van der Waals surface area contributed by atoms with Gasteiger partial charge in [-0.25, -0.2) is 0 Å². The number of amides is 1. The lowest BCUT2D eigenvalue weighted by Gasteiger charge is -2.30. The van der Waals surface area contributed by atoms with Crippen LogP contribution in [-0.4, -0.2) is 53.7 Å². The van der Waals surface area contributed by atoms with E-state index in [0.717, 1.165) is 36.6 Å². The van der Waals surface area contributed by atoms with Crippen LogP contribution in [0.3, 0.4) is 0 Å². The summed E-state index contributed by atoms with van der Waals surface area (Å²) in [5, 5.41) is 7.80. The molecule has 0 aliphatic heterocycles. The molecule has 1 aliphatic rings. The Morgan fingerprint density at radius 1 is 1.05 bits per heavy atom. The van der Waals surface area contributed by atoms with Crippen LogP contribution in [0, 0.1) is 6.92 Å². The predicted molar refractivity (Wildman–Crippen MR) is 165 cm³/mol. The highest BCUT2D eigenvalue weighted by Crippen LogP contribution is 2.31. The number of benzene rings is 2. The molecule has 0 bridgehead atoms. The fourth-order valence-electron chi connectivity index (χ4n) is 5.57. The Morgan fingerprint density at radius 3 is 2.38 bits per heavy atom. The van der Waals surface area contributed by atoms with Crippen molar-refractivity contribution in [1.29, 1.82) is 0 Å². The fourth-order valence-corrected chi connectivity index (χ4v) is 5.70. The molecular weight excluding hydrogens is 554 g/mol. The quantitative estimate of drug-likeness (QED) is 0.280. The zero-order valence-corrected chi connectivity index (χ0v) is 26.0. The molecule has 1 unspecified atom stereocenters. The topological polar surface area (TPSA) is 98.7 Å². The summed E-state index contributed by atoms with van der Waals surface area (Å²) in [4.78, 5) is 39.8. The van der Waals surface area contributed by atoms with Crippen LogP contribution in [0.1, 0.15) is 80.9 Å². The zero-order valence-electron chi connectivity index (χ0n) is 25.2. The molecule has 0 radical (unpaired) electrons. The maximum absolute atomic E-state index is 13.6. The number of rotatable bonds is 10. The summed E-state index contributed by atoms with van der Waals surface area (Å²) in [6.07, 6.45) is 6.07. The molecule has 1 saturated carbocycles. The van der Waals surface area contributed by atoms with Gasteiger partial charge in [0.2, 0.25) is 5.91 Å². The van der Waals surface area contributed by atoms with Gasteiger partial charge in [0.05, 0.1) is 19.0 Å². The molecule has 1 heterocycles. The molecule has 42 heavy (non-hydrogen) atoms. The first-order chi connectivity index (χ1) is 20.0. The first-order valence-corrected chi connectivity index (χ1v) is 15.1. The molecular formula is C33H42ClN3O5. The van der Waals surface area contributed by atoms with Crippen molar-refractivity contribution in [2.75, 3.05) is 13.7 Å². The maximum atomic E-state index is 13.6. The Morgan fingerprint density at radius 2 is 1.74 bits per heavy atom. The highest BCUT2D eigenvalue weighted by molar-refractivity contribution is 6.30. The van der Waals surface area contributed by atoms with Crippen LogP contribution in [0.4, 0.5) is 0 Å². The van der Waals surface area contributed by atoms with E-state index in [1.165, 1.54) is 6.42 Å². The molecule has 3 aromatic rings. The van der Waals surface area contributed by atoms with Crippen molar-refractivity contribution in [2.24, 2.45) is 0 Å². The number of hydrogen-bond acceptors (Lipinski definition) is 6. The van der Waals surface area contributed by atoms with Crippen LogP contribution < -0.4 is 15.4 Å². The van der Waals surface area contributed by atoms with E-state index in [4.69, 9.17) is 21.1 Å². The Hall–Kier alpha value is -3.36. The Labute approximate surface area is 253 Å². The number of carbonyl (C=O) groups is 3. The molecule has 9 heteroatoms. The van der Waals surface area contributed by atoms with Crippen LogP contribution in [0.5, 0.6) is 5.75 Å².